The third-order valence-corrected chi connectivity index (χ3v) is 3.85. The van der Waals surface area contributed by atoms with Crippen LogP contribution in [-0.2, 0) is 0 Å². The summed E-state index contributed by atoms with van der Waals surface area (Å²) in [4.78, 5) is 28.3. The predicted octanol–water partition coefficient (Wildman–Crippen LogP) is 4.84. The molecule has 0 aliphatic carbocycles. The Bertz CT molecular complexity index is 922. The third kappa shape index (κ3) is 4.24. The number of pyridine rings is 1. The maximum Gasteiger partial charge on any atom is 0.362 e. The minimum Gasteiger partial charge on any atom is -0.422 e. The Morgan fingerprint density at radius 1 is 0.800 bits per heavy atom. The SMILES string of the molecule is O=C(c1ccc(Cl)cc1)c1ccc(OC(=O)c2cc(Cl)ccn2)cc1. The Morgan fingerprint density at radius 2 is 1.40 bits per heavy atom. The molecule has 0 atom stereocenters. The molecule has 0 fully saturated rings. The van der Waals surface area contributed by atoms with Crippen LogP contribution in [0.4, 0.5) is 0 Å². The molecule has 0 aliphatic rings. The number of esters is 1. The van der Waals surface area contributed by atoms with Gasteiger partial charge in [0, 0.05) is 27.4 Å². The zero-order chi connectivity index (χ0) is 17.8. The van der Waals surface area contributed by atoms with Gasteiger partial charge in [-0.15, -0.1) is 0 Å². The van der Waals surface area contributed by atoms with E-state index >= 15 is 0 Å². The first-order chi connectivity index (χ1) is 12.0. The summed E-state index contributed by atoms with van der Waals surface area (Å²) < 4.78 is 5.22. The van der Waals surface area contributed by atoms with Crippen molar-refractivity contribution in [1.29, 1.82) is 0 Å². The minimum absolute atomic E-state index is 0.105. The van der Waals surface area contributed by atoms with Crippen LogP contribution in [-0.4, -0.2) is 16.7 Å². The van der Waals surface area contributed by atoms with Crippen molar-refractivity contribution in [3.63, 3.8) is 0 Å². The van der Waals surface area contributed by atoms with Gasteiger partial charge >= 0.3 is 5.97 Å². The van der Waals surface area contributed by atoms with Crippen molar-refractivity contribution < 1.29 is 14.3 Å². The molecule has 2 aromatic carbocycles. The second-order valence-electron chi connectivity index (χ2n) is 5.11. The molecule has 0 spiro atoms. The van der Waals surface area contributed by atoms with Crippen LogP contribution in [0.2, 0.25) is 10.0 Å². The van der Waals surface area contributed by atoms with Gasteiger partial charge < -0.3 is 4.74 Å². The molecule has 124 valence electrons. The number of hydrogen-bond acceptors (Lipinski definition) is 4. The van der Waals surface area contributed by atoms with Crippen molar-refractivity contribution in [2.45, 2.75) is 0 Å². The molecular weight excluding hydrogens is 361 g/mol. The number of carbonyl (C=O) groups excluding carboxylic acids is 2. The summed E-state index contributed by atoms with van der Waals surface area (Å²) in [6, 6.07) is 15.9. The number of aromatic nitrogens is 1. The number of halogens is 2. The molecule has 1 heterocycles. The average Bonchev–Trinajstić information content (AvgIpc) is 2.62. The van der Waals surface area contributed by atoms with E-state index in [9.17, 15) is 9.59 Å². The van der Waals surface area contributed by atoms with E-state index in [1.54, 1.807) is 54.6 Å². The van der Waals surface area contributed by atoms with Gasteiger partial charge in [0.15, 0.2) is 5.78 Å². The highest BCUT2D eigenvalue weighted by atomic mass is 35.5. The summed E-state index contributed by atoms with van der Waals surface area (Å²) in [6.07, 6.45) is 1.42. The first-order valence-electron chi connectivity index (χ1n) is 7.27. The molecular formula is C19H11Cl2NO3. The monoisotopic (exact) mass is 371 g/mol. The van der Waals surface area contributed by atoms with Crippen molar-refractivity contribution >= 4 is 35.0 Å². The van der Waals surface area contributed by atoms with Gasteiger partial charge in [0.25, 0.3) is 0 Å². The quantitative estimate of drug-likeness (QED) is 0.374. The average molecular weight is 372 g/mol. The third-order valence-electron chi connectivity index (χ3n) is 3.36. The molecule has 0 saturated heterocycles. The summed E-state index contributed by atoms with van der Waals surface area (Å²) in [7, 11) is 0. The highest BCUT2D eigenvalue weighted by Gasteiger charge is 2.12. The minimum atomic E-state index is -0.626. The van der Waals surface area contributed by atoms with Crippen LogP contribution in [0, 0.1) is 0 Å². The molecule has 3 aromatic rings. The van der Waals surface area contributed by atoms with Crippen LogP contribution >= 0.6 is 23.2 Å². The van der Waals surface area contributed by atoms with Crippen LogP contribution in [0.25, 0.3) is 0 Å². The molecule has 0 radical (unpaired) electrons. The van der Waals surface area contributed by atoms with Crippen molar-refractivity contribution in [3.05, 3.63) is 93.7 Å². The van der Waals surface area contributed by atoms with Gasteiger partial charge in [-0.2, -0.15) is 0 Å². The first-order valence-corrected chi connectivity index (χ1v) is 8.02. The lowest BCUT2D eigenvalue weighted by Crippen LogP contribution is -2.10. The van der Waals surface area contributed by atoms with E-state index in [-0.39, 0.29) is 11.5 Å². The molecule has 1 aromatic heterocycles. The largest absolute Gasteiger partial charge is 0.422 e. The van der Waals surface area contributed by atoms with E-state index in [0.717, 1.165) is 0 Å². The standard InChI is InChI=1S/C19H11Cl2NO3/c20-14-5-1-12(2-6-14)18(23)13-3-7-16(8-4-13)25-19(24)17-11-15(21)9-10-22-17/h1-11H. The van der Waals surface area contributed by atoms with E-state index in [4.69, 9.17) is 27.9 Å². The van der Waals surface area contributed by atoms with E-state index < -0.39 is 5.97 Å². The molecule has 3 rings (SSSR count). The van der Waals surface area contributed by atoms with Crippen LogP contribution in [0.15, 0.2) is 66.9 Å². The predicted molar refractivity (Wildman–Crippen MR) is 95.5 cm³/mol. The number of carbonyl (C=O) groups is 2. The normalized spacial score (nSPS) is 10.3. The molecule has 6 heteroatoms. The second-order valence-corrected chi connectivity index (χ2v) is 5.98. The van der Waals surface area contributed by atoms with E-state index in [1.807, 2.05) is 0 Å². The Balaban J connectivity index is 1.73. The zero-order valence-electron chi connectivity index (χ0n) is 12.8. The van der Waals surface area contributed by atoms with Crippen LogP contribution in [0.5, 0.6) is 5.75 Å². The molecule has 0 aliphatic heterocycles. The fourth-order valence-electron chi connectivity index (χ4n) is 2.12. The number of nitrogens with zero attached hydrogens (tertiary/aromatic N) is 1. The number of benzene rings is 2. The number of hydrogen-bond donors (Lipinski definition) is 0. The maximum absolute atomic E-state index is 12.4. The van der Waals surface area contributed by atoms with Crippen molar-refractivity contribution in [3.8, 4) is 5.75 Å². The van der Waals surface area contributed by atoms with E-state index in [1.165, 1.54) is 12.3 Å². The Labute approximate surface area is 154 Å². The van der Waals surface area contributed by atoms with Gasteiger partial charge in [-0.25, -0.2) is 9.78 Å². The fraction of sp³-hybridized carbons (Fsp3) is 0. The molecule has 0 N–H and O–H groups in total. The van der Waals surface area contributed by atoms with Gasteiger partial charge in [0.2, 0.25) is 0 Å². The highest BCUT2D eigenvalue weighted by Crippen LogP contribution is 2.18. The summed E-state index contributed by atoms with van der Waals surface area (Å²) in [6.45, 7) is 0. The molecule has 0 amide bonds. The summed E-state index contributed by atoms with van der Waals surface area (Å²) in [5.41, 5.74) is 1.11. The lowest BCUT2D eigenvalue weighted by Gasteiger charge is -2.06. The first kappa shape index (κ1) is 17.1. The van der Waals surface area contributed by atoms with Gasteiger partial charge in [0.05, 0.1) is 0 Å². The smallest absolute Gasteiger partial charge is 0.362 e. The Morgan fingerprint density at radius 3 is 2.00 bits per heavy atom. The number of ketones is 1. The highest BCUT2D eigenvalue weighted by molar-refractivity contribution is 6.31. The molecule has 0 bridgehead atoms. The topological polar surface area (TPSA) is 56.3 Å². The zero-order valence-corrected chi connectivity index (χ0v) is 14.3. The van der Waals surface area contributed by atoms with Crippen molar-refractivity contribution in [2.75, 3.05) is 0 Å². The second kappa shape index (κ2) is 7.47. The van der Waals surface area contributed by atoms with Crippen molar-refractivity contribution in [2.24, 2.45) is 0 Å². The van der Waals surface area contributed by atoms with Crippen LogP contribution in [0.1, 0.15) is 26.4 Å². The number of rotatable bonds is 4. The van der Waals surface area contributed by atoms with Gasteiger partial charge in [0.1, 0.15) is 11.4 Å². The van der Waals surface area contributed by atoms with E-state index in [0.29, 0.717) is 26.9 Å². The lowest BCUT2D eigenvalue weighted by molar-refractivity contribution is 0.0728. The molecule has 25 heavy (non-hydrogen) atoms. The molecule has 0 unspecified atom stereocenters. The Hall–Kier alpha value is -2.69. The summed E-state index contributed by atoms with van der Waals surface area (Å²) >= 11 is 11.6. The lowest BCUT2D eigenvalue weighted by atomic mass is 10.0. The fourth-order valence-corrected chi connectivity index (χ4v) is 2.40. The van der Waals surface area contributed by atoms with Crippen LogP contribution in [0.3, 0.4) is 0 Å². The maximum atomic E-state index is 12.4. The molecule has 0 saturated carbocycles. The Kier molecular flexibility index (Phi) is 5.12. The van der Waals surface area contributed by atoms with Gasteiger partial charge in [-0.05, 0) is 60.7 Å². The number of ether oxygens (including phenoxy) is 1. The van der Waals surface area contributed by atoms with Crippen molar-refractivity contribution in [1.82, 2.24) is 4.98 Å². The molecule has 4 nitrogen and oxygen atoms in total. The van der Waals surface area contributed by atoms with Gasteiger partial charge in [-0.1, -0.05) is 23.2 Å². The van der Waals surface area contributed by atoms with Crippen LogP contribution < -0.4 is 4.74 Å². The van der Waals surface area contributed by atoms with Gasteiger partial charge in [-0.3, -0.25) is 4.79 Å². The summed E-state index contributed by atoms with van der Waals surface area (Å²) in [5, 5.41) is 0.958. The summed E-state index contributed by atoms with van der Waals surface area (Å²) in [5.74, 6) is -0.468. The van der Waals surface area contributed by atoms with E-state index in [2.05, 4.69) is 4.98 Å².